The van der Waals surface area contributed by atoms with Crippen LogP contribution in [-0.2, 0) is 16.4 Å². The third-order valence-electron chi connectivity index (χ3n) is 5.66. The van der Waals surface area contributed by atoms with Gasteiger partial charge in [-0.1, -0.05) is 43.5 Å². The summed E-state index contributed by atoms with van der Waals surface area (Å²) in [6.07, 6.45) is 6.25. The number of anilines is 1. The molecule has 148 valence electrons. The fraction of sp³-hybridized carbons (Fsp3) is 0.409. The van der Waals surface area contributed by atoms with Crippen molar-refractivity contribution in [2.24, 2.45) is 0 Å². The molecule has 2 aromatic carbocycles. The van der Waals surface area contributed by atoms with E-state index in [0.717, 1.165) is 50.0 Å². The molecule has 2 aliphatic rings. The Morgan fingerprint density at radius 3 is 2.32 bits per heavy atom. The molecule has 0 radical (unpaired) electrons. The van der Waals surface area contributed by atoms with Crippen LogP contribution in [0.15, 0.2) is 53.4 Å². The molecule has 2 aliphatic heterocycles. The highest BCUT2D eigenvalue weighted by molar-refractivity contribution is 7.92. The average Bonchev–Trinajstić information content (AvgIpc) is 3.12. The van der Waals surface area contributed by atoms with Crippen LogP contribution in [0.1, 0.15) is 48.0 Å². The summed E-state index contributed by atoms with van der Waals surface area (Å²) in [5.74, 6) is -0.0687. The molecule has 1 fully saturated rings. The molecule has 2 heterocycles. The van der Waals surface area contributed by atoms with Gasteiger partial charge in [-0.2, -0.15) is 0 Å². The minimum absolute atomic E-state index is 0.0687. The van der Waals surface area contributed by atoms with E-state index in [1.54, 1.807) is 18.2 Å². The fourth-order valence-corrected chi connectivity index (χ4v) is 5.66. The average molecular weight is 399 g/mol. The molecule has 5 nitrogen and oxygen atoms in total. The maximum atomic E-state index is 13.2. The molecule has 0 saturated carbocycles. The first-order chi connectivity index (χ1) is 13.6. The number of carbonyl (C=O) groups excluding carboxylic acids is 1. The van der Waals surface area contributed by atoms with Gasteiger partial charge in [0.2, 0.25) is 0 Å². The van der Waals surface area contributed by atoms with Crippen molar-refractivity contribution in [1.82, 2.24) is 4.90 Å². The van der Waals surface area contributed by atoms with E-state index in [-0.39, 0.29) is 10.8 Å². The monoisotopic (exact) mass is 398 g/mol. The SMILES string of the molecule is O=C(c1cccc(S(=O)(=O)N2CCc3ccccc32)c1)N1CCCCCCC1. The third-order valence-corrected chi connectivity index (χ3v) is 7.47. The van der Waals surface area contributed by atoms with Crippen molar-refractivity contribution < 1.29 is 13.2 Å². The predicted octanol–water partition coefficient (Wildman–Crippen LogP) is 3.84. The van der Waals surface area contributed by atoms with Crippen molar-refractivity contribution in [1.29, 1.82) is 0 Å². The molecule has 4 rings (SSSR count). The van der Waals surface area contributed by atoms with Crippen molar-refractivity contribution in [3.8, 4) is 0 Å². The van der Waals surface area contributed by atoms with Crippen LogP contribution >= 0.6 is 0 Å². The molecule has 0 unspecified atom stereocenters. The van der Waals surface area contributed by atoms with Crippen molar-refractivity contribution in [2.45, 2.75) is 43.4 Å². The van der Waals surface area contributed by atoms with Gasteiger partial charge >= 0.3 is 0 Å². The van der Waals surface area contributed by atoms with E-state index in [0.29, 0.717) is 18.5 Å². The molecule has 1 saturated heterocycles. The summed E-state index contributed by atoms with van der Waals surface area (Å²) >= 11 is 0. The van der Waals surface area contributed by atoms with E-state index in [2.05, 4.69) is 0 Å². The molecule has 1 amide bonds. The maximum Gasteiger partial charge on any atom is 0.264 e. The normalized spacial score (nSPS) is 17.7. The molecular formula is C22H26N2O3S. The van der Waals surface area contributed by atoms with Crippen LogP contribution in [0.5, 0.6) is 0 Å². The molecule has 0 aromatic heterocycles. The van der Waals surface area contributed by atoms with Crippen LogP contribution < -0.4 is 4.31 Å². The van der Waals surface area contributed by atoms with Crippen molar-refractivity contribution in [3.05, 3.63) is 59.7 Å². The van der Waals surface area contributed by atoms with E-state index in [9.17, 15) is 13.2 Å². The minimum Gasteiger partial charge on any atom is -0.339 e. The number of carbonyl (C=O) groups is 1. The molecule has 6 heteroatoms. The Bertz CT molecular complexity index is 963. The van der Waals surface area contributed by atoms with Crippen LogP contribution in [0, 0.1) is 0 Å². The Kier molecular flexibility index (Phi) is 5.40. The first-order valence-electron chi connectivity index (χ1n) is 10.1. The van der Waals surface area contributed by atoms with Crippen molar-refractivity contribution in [2.75, 3.05) is 23.9 Å². The molecule has 0 bridgehead atoms. The van der Waals surface area contributed by atoms with E-state index < -0.39 is 10.0 Å². The largest absolute Gasteiger partial charge is 0.339 e. The van der Waals surface area contributed by atoms with Crippen LogP contribution in [0.4, 0.5) is 5.69 Å². The molecule has 0 N–H and O–H groups in total. The summed E-state index contributed by atoms with van der Waals surface area (Å²) in [4.78, 5) is 15.0. The number of likely N-dealkylation sites (tertiary alicyclic amines) is 1. The molecule has 0 spiro atoms. The summed E-state index contributed by atoms with van der Waals surface area (Å²) in [6, 6.07) is 14.1. The van der Waals surface area contributed by atoms with Gasteiger partial charge in [-0.15, -0.1) is 0 Å². The van der Waals surface area contributed by atoms with Gasteiger partial charge in [-0.05, 0) is 49.1 Å². The van der Waals surface area contributed by atoms with Gasteiger partial charge < -0.3 is 4.90 Å². The van der Waals surface area contributed by atoms with Crippen LogP contribution in [0.2, 0.25) is 0 Å². The standard InChI is InChI=1S/C22H26N2O3S/c25-22(23-14-6-2-1-3-7-15-23)19-10-8-11-20(17-19)28(26,27)24-16-13-18-9-4-5-12-21(18)24/h4-5,8-12,17H,1-3,6-7,13-16H2. The summed E-state index contributed by atoms with van der Waals surface area (Å²) in [7, 11) is -3.69. The summed E-state index contributed by atoms with van der Waals surface area (Å²) in [6.45, 7) is 1.93. The molecule has 0 aliphatic carbocycles. The van der Waals surface area contributed by atoms with Crippen molar-refractivity contribution in [3.63, 3.8) is 0 Å². The predicted molar refractivity (Wildman–Crippen MR) is 110 cm³/mol. The first-order valence-corrected chi connectivity index (χ1v) is 11.5. The van der Waals surface area contributed by atoms with Gasteiger partial charge in [-0.3, -0.25) is 9.10 Å². The molecule has 28 heavy (non-hydrogen) atoms. The topological polar surface area (TPSA) is 57.7 Å². The Hall–Kier alpha value is -2.34. The Morgan fingerprint density at radius 1 is 0.821 bits per heavy atom. The molecular weight excluding hydrogens is 372 g/mol. The number of hydrogen-bond acceptors (Lipinski definition) is 3. The van der Waals surface area contributed by atoms with Gasteiger partial charge in [0.05, 0.1) is 10.6 Å². The zero-order valence-electron chi connectivity index (χ0n) is 16.0. The highest BCUT2D eigenvalue weighted by atomic mass is 32.2. The lowest BCUT2D eigenvalue weighted by molar-refractivity contribution is 0.0742. The van der Waals surface area contributed by atoms with Crippen LogP contribution in [0.25, 0.3) is 0 Å². The number of hydrogen-bond donors (Lipinski definition) is 0. The van der Waals surface area contributed by atoms with Gasteiger partial charge in [0.15, 0.2) is 0 Å². The van der Waals surface area contributed by atoms with Crippen LogP contribution in [0.3, 0.4) is 0 Å². The highest BCUT2D eigenvalue weighted by Gasteiger charge is 2.31. The van der Waals surface area contributed by atoms with E-state index in [4.69, 9.17) is 0 Å². The molecule has 0 atom stereocenters. The Morgan fingerprint density at radius 2 is 1.54 bits per heavy atom. The summed E-state index contributed by atoms with van der Waals surface area (Å²) in [5.41, 5.74) is 2.23. The van der Waals surface area contributed by atoms with Crippen molar-refractivity contribution >= 4 is 21.6 Å². The number of fused-ring (bicyclic) bond motifs is 1. The quantitative estimate of drug-likeness (QED) is 0.789. The number of nitrogens with zero attached hydrogens (tertiary/aromatic N) is 2. The third kappa shape index (κ3) is 3.65. The van der Waals surface area contributed by atoms with E-state index >= 15 is 0 Å². The maximum absolute atomic E-state index is 13.2. The number of amides is 1. The zero-order valence-corrected chi connectivity index (χ0v) is 16.8. The zero-order chi connectivity index (χ0) is 19.6. The fourth-order valence-electron chi connectivity index (χ4n) is 4.11. The lowest BCUT2D eigenvalue weighted by atomic mass is 10.1. The van der Waals surface area contributed by atoms with Gasteiger partial charge in [-0.25, -0.2) is 8.42 Å². The summed E-state index contributed by atoms with van der Waals surface area (Å²) in [5, 5.41) is 0. The smallest absolute Gasteiger partial charge is 0.264 e. The molecule has 2 aromatic rings. The number of rotatable bonds is 3. The minimum atomic E-state index is -3.69. The second kappa shape index (κ2) is 7.95. The van der Waals surface area contributed by atoms with E-state index in [1.165, 1.54) is 16.8 Å². The summed E-state index contributed by atoms with van der Waals surface area (Å²) < 4.78 is 28.0. The second-order valence-corrected chi connectivity index (χ2v) is 9.41. The van der Waals surface area contributed by atoms with Crippen LogP contribution in [-0.4, -0.2) is 38.9 Å². The Balaban J connectivity index is 1.60. The number of benzene rings is 2. The lowest BCUT2D eigenvalue weighted by Crippen LogP contribution is -2.34. The van der Waals surface area contributed by atoms with Gasteiger partial charge in [0, 0.05) is 25.2 Å². The lowest BCUT2D eigenvalue weighted by Gasteiger charge is -2.25. The van der Waals surface area contributed by atoms with E-state index in [1.807, 2.05) is 29.2 Å². The first kappa shape index (κ1) is 19.0. The highest BCUT2D eigenvalue weighted by Crippen LogP contribution is 2.32. The number of para-hydroxylation sites is 1. The van der Waals surface area contributed by atoms with Gasteiger partial charge in [0.1, 0.15) is 0 Å². The van der Waals surface area contributed by atoms with Gasteiger partial charge in [0.25, 0.3) is 15.9 Å². The second-order valence-electron chi connectivity index (χ2n) is 7.54. The number of sulfonamides is 1. The Labute approximate surface area is 167 Å².